The van der Waals surface area contributed by atoms with E-state index in [1.807, 2.05) is 36.7 Å². The first-order valence-electron chi connectivity index (χ1n) is 13.8. The van der Waals surface area contributed by atoms with Crippen LogP contribution in [0.1, 0.15) is 36.9 Å². The van der Waals surface area contributed by atoms with Crippen LogP contribution in [-0.2, 0) is 32.0 Å². The number of H-pyrrole nitrogens is 2. The lowest BCUT2D eigenvalue weighted by molar-refractivity contribution is -0.142. The molecule has 0 aliphatic carbocycles. The van der Waals surface area contributed by atoms with Crippen molar-refractivity contribution < 1.29 is 24.3 Å². The van der Waals surface area contributed by atoms with E-state index in [1.54, 1.807) is 0 Å². The molecule has 0 aliphatic heterocycles. The number of nitrogens with zero attached hydrogens (tertiary/aromatic N) is 1. The molecule has 13 nitrogen and oxygen atoms in total. The van der Waals surface area contributed by atoms with Gasteiger partial charge in [0, 0.05) is 35.4 Å². The number of imidazole rings is 1. The van der Waals surface area contributed by atoms with Gasteiger partial charge in [0.05, 0.1) is 12.4 Å². The van der Waals surface area contributed by atoms with Gasteiger partial charge in [0.15, 0.2) is 0 Å². The summed E-state index contributed by atoms with van der Waals surface area (Å²) in [6.45, 7) is 0.425. The molecule has 2 aromatic heterocycles. The number of benzene rings is 1. The van der Waals surface area contributed by atoms with E-state index in [1.165, 1.54) is 24.3 Å². The van der Waals surface area contributed by atoms with Gasteiger partial charge < -0.3 is 42.5 Å². The number of unbranched alkanes of at least 4 members (excludes halogenated alkanes) is 1. The summed E-state index contributed by atoms with van der Waals surface area (Å²) in [5.74, 6) is -2.36. The van der Waals surface area contributed by atoms with Crippen molar-refractivity contribution in [3.05, 3.63) is 54.2 Å². The number of fused-ring (bicyclic) bond motifs is 1. The standard InChI is InChI=1S/C28H40N8O5S/c1-42-11-9-23(27(39)36-24(28(40)41)13-18-15-31-16-33-18)35-26(38)22(8-4-5-10-29)34-25(37)20(30)12-17-14-32-21-7-3-2-6-19(17)21/h2-3,6-7,14-16,20,22-24,32H,4-5,8-13,29-30H2,1H3,(H,31,33)(H,34,37)(H,35,38)(H,36,39)(H,40,41). The fourth-order valence-corrected chi connectivity index (χ4v) is 5.01. The van der Waals surface area contributed by atoms with Crippen LogP contribution in [0.5, 0.6) is 0 Å². The number of nitrogens with two attached hydrogens (primary N) is 2. The summed E-state index contributed by atoms with van der Waals surface area (Å²) in [5, 5.41) is 18.6. The number of rotatable bonds is 18. The van der Waals surface area contributed by atoms with Crippen molar-refractivity contribution in [3.8, 4) is 0 Å². The summed E-state index contributed by atoms with van der Waals surface area (Å²) in [4.78, 5) is 61.4. The number of para-hydroxylation sites is 1. The first kappa shape index (κ1) is 32.6. The first-order chi connectivity index (χ1) is 20.2. The third-order valence-electron chi connectivity index (χ3n) is 6.87. The van der Waals surface area contributed by atoms with E-state index >= 15 is 0 Å². The number of aliphatic carboxylic acids is 1. The Morgan fingerprint density at radius 3 is 2.31 bits per heavy atom. The number of thioether (sulfide) groups is 1. The number of carbonyl (C=O) groups is 4. The minimum atomic E-state index is -1.23. The lowest BCUT2D eigenvalue weighted by Crippen LogP contribution is -2.57. The average molecular weight is 601 g/mol. The van der Waals surface area contributed by atoms with Crippen LogP contribution in [0.25, 0.3) is 10.9 Å². The van der Waals surface area contributed by atoms with Crippen LogP contribution in [0.15, 0.2) is 43.0 Å². The van der Waals surface area contributed by atoms with Crippen LogP contribution in [-0.4, -0.2) is 86.5 Å². The zero-order chi connectivity index (χ0) is 30.5. The molecule has 0 spiro atoms. The van der Waals surface area contributed by atoms with Crippen molar-refractivity contribution in [2.24, 2.45) is 11.5 Å². The molecule has 228 valence electrons. The van der Waals surface area contributed by atoms with Crippen molar-refractivity contribution in [2.45, 2.75) is 62.7 Å². The van der Waals surface area contributed by atoms with Gasteiger partial charge >= 0.3 is 5.97 Å². The van der Waals surface area contributed by atoms with Gasteiger partial charge in [0.2, 0.25) is 17.7 Å². The maximum atomic E-state index is 13.4. The van der Waals surface area contributed by atoms with E-state index in [-0.39, 0.29) is 19.3 Å². The molecule has 0 radical (unpaired) electrons. The highest BCUT2D eigenvalue weighted by atomic mass is 32.2. The molecule has 0 fully saturated rings. The number of hydrogen-bond donors (Lipinski definition) is 8. The quantitative estimate of drug-likeness (QED) is 0.0947. The minimum Gasteiger partial charge on any atom is -0.480 e. The van der Waals surface area contributed by atoms with Crippen LogP contribution < -0.4 is 27.4 Å². The van der Waals surface area contributed by atoms with Gasteiger partial charge in [-0.1, -0.05) is 18.2 Å². The molecule has 0 saturated carbocycles. The van der Waals surface area contributed by atoms with Crippen molar-refractivity contribution in [1.82, 2.24) is 30.9 Å². The lowest BCUT2D eigenvalue weighted by atomic mass is 10.0. The largest absolute Gasteiger partial charge is 0.480 e. The summed E-state index contributed by atoms with van der Waals surface area (Å²) in [6.07, 6.45) is 8.60. The molecule has 10 N–H and O–H groups in total. The molecule has 4 atom stereocenters. The Kier molecular flexibility index (Phi) is 12.8. The Bertz CT molecular complexity index is 1310. The predicted octanol–water partition coefficient (Wildman–Crippen LogP) is 0.425. The highest BCUT2D eigenvalue weighted by Crippen LogP contribution is 2.19. The second-order valence-electron chi connectivity index (χ2n) is 10.0. The summed E-state index contributed by atoms with van der Waals surface area (Å²) in [7, 11) is 0. The highest BCUT2D eigenvalue weighted by Gasteiger charge is 2.30. The Morgan fingerprint density at radius 2 is 1.64 bits per heavy atom. The van der Waals surface area contributed by atoms with Crippen molar-refractivity contribution >= 4 is 46.4 Å². The third kappa shape index (κ3) is 9.60. The zero-order valence-electron chi connectivity index (χ0n) is 23.6. The van der Waals surface area contributed by atoms with Crippen LogP contribution in [0.4, 0.5) is 0 Å². The number of carboxylic acid groups (broad SMARTS) is 1. The Hall–Kier alpha value is -3.88. The molecule has 4 unspecified atom stereocenters. The molecule has 3 rings (SSSR count). The maximum absolute atomic E-state index is 13.4. The fraction of sp³-hybridized carbons (Fsp3) is 0.464. The molecule has 0 bridgehead atoms. The summed E-state index contributed by atoms with van der Waals surface area (Å²) in [5.41, 5.74) is 14.2. The third-order valence-corrected chi connectivity index (χ3v) is 7.51. The van der Waals surface area contributed by atoms with Crippen LogP contribution in [0.3, 0.4) is 0 Å². The van der Waals surface area contributed by atoms with Gasteiger partial charge in [0.25, 0.3) is 0 Å². The Balaban J connectivity index is 1.68. The van der Waals surface area contributed by atoms with Gasteiger partial charge in [-0.05, 0) is 62.3 Å². The van der Waals surface area contributed by atoms with Gasteiger partial charge in [-0.25, -0.2) is 9.78 Å². The fourth-order valence-electron chi connectivity index (χ4n) is 4.54. The van der Waals surface area contributed by atoms with Gasteiger partial charge in [-0.3, -0.25) is 14.4 Å². The number of aromatic nitrogens is 3. The summed E-state index contributed by atoms with van der Waals surface area (Å²) in [6, 6.07) is 3.58. The topological polar surface area (TPSA) is 221 Å². The predicted molar refractivity (Wildman–Crippen MR) is 162 cm³/mol. The molecule has 3 aromatic rings. The number of aromatic amines is 2. The Morgan fingerprint density at radius 1 is 0.952 bits per heavy atom. The van der Waals surface area contributed by atoms with E-state index in [0.29, 0.717) is 37.3 Å². The van der Waals surface area contributed by atoms with Crippen LogP contribution in [0, 0.1) is 0 Å². The number of carboxylic acids is 1. The van der Waals surface area contributed by atoms with E-state index < -0.39 is 47.9 Å². The second-order valence-corrected chi connectivity index (χ2v) is 11.0. The van der Waals surface area contributed by atoms with Gasteiger partial charge in [-0.2, -0.15) is 11.8 Å². The first-order valence-corrected chi connectivity index (χ1v) is 15.2. The number of carbonyl (C=O) groups excluding carboxylic acids is 3. The molecule has 1 aromatic carbocycles. The zero-order valence-corrected chi connectivity index (χ0v) is 24.4. The minimum absolute atomic E-state index is 0.00361. The molecule has 2 heterocycles. The Labute approximate surface area is 248 Å². The second kappa shape index (κ2) is 16.5. The smallest absolute Gasteiger partial charge is 0.326 e. The molecule has 0 saturated heterocycles. The SMILES string of the molecule is CSCCC(NC(=O)C(CCCCN)NC(=O)C(N)Cc1c[nH]c2ccccc12)C(=O)NC(Cc1cnc[nH]1)C(=O)O. The van der Waals surface area contributed by atoms with E-state index in [2.05, 4.69) is 30.9 Å². The average Bonchev–Trinajstić information content (AvgIpc) is 3.64. The lowest BCUT2D eigenvalue weighted by Gasteiger charge is -2.25. The normalized spacial score (nSPS) is 14.1. The van der Waals surface area contributed by atoms with Crippen LogP contribution in [0.2, 0.25) is 0 Å². The molecule has 3 amide bonds. The number of hydrogen-bond acceptors (Lipinski definition) is 8. The molecule has 42 heavy (non-hydrogen) atoms. The van der Waals surface area contributed by atoms with Crippen LogP contribution >= 0.6 is 11.8 Å². The molecular formula is C28H40N8O5S. The number of nitrogens with one attached hydrogen (secondary N) is 5. The van der Waals surface area contributed by atoms with Crippen molar-refractivity contribution in [2.75, 3.05) is 18.6 Å². The molecule has 14 heteroatoms. The van der Waals surface area contributed by atoms with E-state index in [4.69, 9.17) is 11.5 Å². The highest BCUT2D eigenvalue weighted by molar-refractivity contribution is 7.98. The van der Waals surface area contributed by atoms with Crippen molar-refractivity contribution in [3.63, 3.8) is 0 Å². The maximum Gasteiger partial charge on any atom is 0.326 e. The van der Waals surface area contributed by atoms with E-state index in [0.717, 1.165) is 16.5 Å². The molecular weight excluding hydrogens is 560 g/mol. The summed E-state index contributed by atoms with van der Waals surface area (Å²) >= 11 is 1.48. The monoisotopic (exact) mass is 600 g/mol. The van der Waals surface area contributed by atoms with Gasteiger partial charge in [-0.15, -0.1) is 0 Å². The van der Waals surface area contributed by atoms with Crippen molar-refractivity contribution in [1.29, 1.82) is 0 Å². The summed E-state index contributed by atoms with van der Waals surface area (Å²) < 4.78 is 0. The number of amides is 3. The molecule has 0 aliphatic rings. The van der Waals surface area contributed by atoms with E-state index in [9.17, 15) is 24.3 Å². The van der Waals surface area contributed by atoms with Gasteiger partial charge in [0.1, 0.15) is 18.1 Å².